The summed E-state index contributed by atoms with van der Waals surface area (Å²) in [5, 5.41) is 13.6. The van der Waals surface area contributed by atoms with E-state index in [-0.39, 0.29) is 29.0 Å². The molecule has 6 nitrogen and oxygen atoms in total. The predicted octanol–water partition coefficient (Wildman–Crippen LogP) is 3.10. The molecule has 0 unspecified atom stereocenters. The molecule has 0 aliphatic rings. The van der Waals surface area contributed by atoms with Gasteiger partial charge in [-0.15, -0.1) is 0 Å². The lowest BCUT2D eigenvalue weighted by molar-refractivity contribution is -0.385. The quantitative estimate of drug-likeness (QED) is 0.532. The van der Waals surface area contributed by atoms with E-state index < -0.39 is 10.7 Å². The highest BCUT2D eigenvalue weighted by molar-refractivity contribution is 6.28. The number of aromatic nitrogens is 2. The second kappa shape index (κ2) is 5.79. The van der Waals surface area contributed by atoms with E-state index in [0.29, 0.717) is 5.56 Å². The molecule has 0 spiro atoms. The Balaban J connectivity index is 2.30. The molecule has 0 saturated heterocycles. The number of nitro groups is 1. The number of hydrogen-bond acceptors (Lipinski definition) is 5. The van der Waals surface area contributed by atoms with Crippen molar-refractivity contribution in [2.24, 2.45) is 0 Å². The maximum absolute atomic E-state index is 13.5. The first kappa shape index (κ1) is 14.1. The van der Waals surface area contributed by atoms with Crippen LogP contribution in [-0.2, 0) is 6.54 Å². The molecule has 0 saturated carbocycles. The molecule has 1 heterocycles. The van der Waals surface area contributed by atoms with Crippen LogP contribution in [0, 0.1) is 22.9 Å². The molecule has 104 valence electrons. The Labute approximate surface area is 118 Å². The first-order chi connectivity index (χ1) is 9.49. The summed E-state index contributed by atoms with van der Waals surface area (Å²) in [4.78, 5) is 17.9. The number of rotatable bonds is 4. The third-order valence-corrected chi connectivity index (χ3v) is 2.79. The largest absolute Gasteiger partial charge is 0.360 e. The van der Waals surface area contributed by atoms with Gasteiger partial charge in [-0.05, 0) is 24.6 Å². The minimum atomic E-state index is -0.602. The third-order valence-electron chi connectivity index (χ3n) is 2.62. The molecule has 0 fully saturated rings. The summed E-state index contributed by atoms with van der Waals surface area (Å²) < 4.78 is 13.5. The van der Waals surface area contributed by atoms with Crippen molar-refractivity contribution < 1.29 is 9.31 Å². The Kier molecular flexibility index (Phi) is 4.09. The van der Waals surface area contributed by atoms with Gasteiger partial charge < -0.3 is 5.32 Å². The number of aryl methyl sites for hydroxylation is 1. The molecular weight excluding hydrogens is 287 g/mol. The topological polar surface area (TPSA) is 81.0 Å². The zero-order valence-electron chi connectivity index (χ0n) is 10.4. The Hall–Kier alpha value is -2.28. The SMILES string of the molecule is Cc1nc(Cl)nc(NCc2ccccc2F)c1[N+](=O)[O-]. The van der Waals surface area contributed by atoms with E-state index >= 15 is 0 Å². The van der Waals surface area contributed by atoms with Crippen molar-refractivity contribution in [1.82, 2.24) is 9.97 Å². The van der Waals surface area contributed by atoms with E-state index in [9.17, 15) is 14.5 Å². The van der Waals surface area contributed by atoms with E-state index in [4.69, 9.17) is 11.6 Å². The molecule has 0 bridgehead atoms. The smallest absolute Gasteiger partial charge is 0.332 e. The van der Waals surface area contributed by atoms with Gasteiger partial charge in [-0.25, -0.2) is 9.37 Å². The van der Waals surface area contributed by atoms with Crippen molar-refractivity contribution in [2.45, 2.75) is 13.5 Å². The highest BCUT2D eigenvalue weighted by Gasteiger charge is 2.21. The van der Waals surface area contributed by atoms with Crippen LogP contribution in [0.4, 0.5) is 15.9 Å². The van der Waals surface area contributed by atoms with Crippen molar-refractivity contribution in [1.29, 1.82) is 0 Å². The molecular formula is C12H10ClFN4O2. The zero-order chi connectivity index (χ0) is 14.7. The van der Waals surface area contributed by atoms with Gasteiger partial charge in [0.2, 0.25) is 11.1 Å². The van der Waals surface area contributed by atoms with Crippen LogP contribution < -0.4 is 5.32 Å². The lowest BCUT2D eigenvalue weighted by Crippen LogP contribution is -2.08. The van der Waals surface area contributed by atoms with Crippen molar-refractivity contribution in [3.8, 4) is 0 Å². The molecule has 20 heavy (non-hydrogen) atoms. The molecule has 1 N–H and O–H groups in total. The van der Waals surface area contributed by atoms with Gasteiger partial charge in [0.15, 0.2) is 0 Å². The number of nitrogens with one attached hydrogen (secondary N) is 1. The van der Waals surface area contributed by atoms with Crippen LogP contribution >= 0.6 is 11.6 Å². The molecule has 2 rings (SSSR count). The molecule has 0 aliphatic heterocycles. The van der Waals surface area contributed by atoms with Crippen molar-refractivity contribution in [3.63, 3.8) is 0 Å². The van der Waals surface area contributed by atoms with Crippen molar-refractivity contribution in [3.05, 3.63) is 56.7 Å². The molecule has 1 aromatic heterocycles. The maximum Gasteiger partial charge on any atom is 0.332 e. The highest BCUT2D eigenvalue weighted by atomic mass is 35.5. The van der Waals surface area contributed by atoms with E-state index in [1.54, 1.807) is 18.2 Å². The number of halogens is 2. The normalized spacial score (nSPS) is 10.3. The summed E-state index contributed by atoms with van der Waals surface area (Å²) in [6.07, 6.45) is 0. The number of hydrogen-bond donors (Lipinski definition) is 1. The Morgan fingerprint density at radius 2 is 2.10 bits per heavy atom. The van der Waals surface area contributed by atoms with Gasteiger partial charge in [0, 0.05) is 12.1 Å². The minimum Gasteiger partial charge on any atom is -0.360 e. The fourth-order valence-electron chi connectivity index (χ4n) is 1.70. The van der Waals surface area contributed by atoms with Gasteiger partial charge in [0.1, 0.15) is 11.5 Å². The summed E-state index contributed by atoms with van der Waals surface area (Å²) in [6.45, 7) is 1.51. The van der Waals surface area contributed by atoms with Crippen LogP contribution in [0.15, 0.2) is 24.3 Å². The standard InChI is InChI=1S/C12H10ClFN4O2/c1-7-10(18(19)20)11(17-12(13)16-7)15-6-8-4-2-3-5-9(8)14/h2-5H,6H2,1H3,(H,15,16,17). The average Bonchev–Trinajstić information content (AvgIpc) is 2.36. The Morgan fingerprint density at radius 3 is 2.75 bits per heavy atom. The number of nitrogens with zero attached hydrogens (tertiary/aromatic N) is 3. The van der Waals surface area contributed by atoms with Crippen LogP contribution in [0.5, 0.6) is 0 Å². The van der Waals surface area contributed by atoms with E-state index in [1.165, 1.54) is 13.0 Å². The van der Waals surface area contributed by atoms with Crippen LogP contribution in [0.1, 0.15) is 11.3 Å². The van der Waals surface area contributed by atoms with Crippen molar-refractivity contribution >= 4 is 23.1 Å². The van der Waals surface area contributed by atoms with Gasteiger partial charge in [-0.2, -0.15) is 4.98 Å². The Morgan fingerprint density at radius 1 is 1.40 bits per heavy atom. The zero-order valence-corrected chi connectivity index (χ0v) is 11.2. The van der Waals surface area contributed by atoms with Crippen LogP contribution in [0.2, 0.25) is 5.28 Å². The van der Waals surface area contributed by atoms with Crippen LogP contribution in [0.3, 0.4) is 0 Å². The highest BCUT2D eigenvalue weighted by Crippen LogP contribution is 2.27. The molecule has 0 amide bonds. The Bertz CT molecular complexity index is 666. The third kappa shape index (κ3) is 3.00. The molecule has 8 heteroatoms. The van der Waals surface area contributed by atoms with E-state index in [1.807, 2.05) is 0 Å². The molecule has 2 aromatic rings. The lowest BCUT2D eigenvalue weighted by atomic mass is 10.2. The van der Waals surface area contributed by atoms with Crippen molar-refractivity contribution in [2.75, 3.05) is 5.32 Å². The number of benzene rings is 1. The van der Waals surface area contributed by atoms with E-state index in [0.717, 1.165) is 0 Å². The molecule has 0 atom stereocenters. The van der Waals surface area contributed by atoms with Gasteiger partial charge in [0.25, 0.3) is 0 Å². The average molecular weight is 297 g/mol. The summed E-state index contributed by atoms with van der Waals surface area (Å²) in [6, 6.07) is 6.12. The summed E-state index contributed by atoms with van der Waals surface area (Å²) >= 11 is 5.68. The van der Waals surface area contributed by atoms with Gasteiger partial charge in [-0.1, -0.05) is 18.2 Å². The second-order valence-corrected chi connectivity index (χ2v) is 4.32. The van der Waals surface area contributed by atoms with E-state index in [2.05, 4.69) is 15.3 Å². The maximum atomic E-state index is 13.5. The first-order valence-corrected chi connectivity index (χ1v) is 6.02. The van der Waals surface area contributed by atoms with Crippen LogP contribution in [-0.4, -0.2) is 14.9 Å². The number of anilines is 1. The first-order valence-electron chi connectivity index (χ1n) is 5.65. The monoisotopic (exact) mass is 296 g/mol. The summed E-state index contributed by atoms with van der Waals surface area (Å²) in [5.74, 6) is -0.435. The lowest BCUT2D eigenvalue weighted by Gasteiger charge is -2.08. The fourth-order valence-corrected chi connectivity index (χ4v) is 1.91. The van der Waals surface area contributed by atoms with Gasteiger partial charge in [-0.3, -0.25) is 10.1 Å². The summed E-state index contributed by atoms with van der Waals surface area (Å²) in [5.41, 5.74) is 0.242. The molecule has 0 radical (unpaired) electrons. The van der Waals surface area contributed by atoms with Gasteiger partial charge >= 0.3 is 5.69 Å². The second-order valence-electron chi connectivity index (χ2n) is 3.98. The summed E-state index contributed by atoms with van der Waals surface area (Å²) in [7, 11) is 0. The van der Waals surface area contributed by atoms with Gasteiger partial charge in [0.05, 0.1) is 4.92 Å². The fraction of sp³-hybridized carbons (Fsp3) is 0.167. The minimum absolute atomic E-state index is 0.0317. The molecule has 1 aromatic carbocycles. The van der Waals surface area contributed by atoms with Crippen LogP contribution in [0.25, 0.3) is 0 Å². The predicted molar refractivity (Wildman–Crippen MR) is 72.2 cm³/mol. The molecule has 0 aliphatic carbocycles.